The fraction of sp³-hybridized carbons (Fsp3) is 0.364. The SMILES string of the molecule is Cc1nn(CCN)c2ccc(CN)cc12. The molecular formula is C11H16N4. The molecular weight excluding hydrogens is 188 g/mol. The molecule has 15 heavy (non-hydrogen) atoms. The first-order chi connectivity index (χ1) is 7.26. The monoisotopic (exact) mass is 204 g/mol. The van der Waals surface area contributed by atoms with Gasteiger partial charge in [0.15, 0.2) is 0 Å². The van der Waals surface area contributed by atoms with E-state index in [-0.39, 0.29) is 0 Å². The maximum Gasteiger partial charge on any atom is 0.0686 e. The Morgan fingerprint density at radius 3 is 2.80 bits per heavy atom. The van der Waals surface area contributed by atoms with Crippen molar-refractivity contribution in [2.24, 2.45) is 11.5 Å². The summed E-state index contributed by atoms with van der Waals surface area (Å²) in [4.78, 5) is 0. The molecule has 4 heteroatoms. The Morgan fingerprint density at radius 1 is 1.33 bits per heavy atom. The van der Waals surface area contributed by atoms with Crippen LogP contribution >= 0.6 is 0 Å². The van der Waals surface area contributed by atoms with Crippen LogP contribution in [0.5, 0.6) is 0 Å². The van der Waals surface area contributed by atoms with Crippen molar-refractivity contribution in [2.45, 2.75) is 20.0 Å². The lowest BCUT2D eigenvalue weighted by molar-refractivity contribution is 0.640. The summed E-state index contributed by atoms with van der Waals surface area (Å²) in [6.07, 6.45) is 0. The van der Waals surface area contributed by atoms with Crippen LogP contribution in [0, 0.1) is 6.92 Å². The molecule has 0 aliphatic rings. The van der Waals surface area contributed by atoms with E-state index in [1.54, 1.807) is 0 Å². The molecule has 1 heterocycles. The number of aromatic nitrogens is 2. The lowest BCUT2D eigenvalue weighted by atomic mass is 10.1. The van der Waals surface area contributed by atoms with E-state index >= 15 is 0 Å². The summed E-state index contributed by atoms with van der Waals surface area (Å²) in [5.41, 5.74) is 14.5. The van der Waals surface area contributed by atoms with Crippen LogP contribution < -0.4 is 11.5 Å². The predicted molar refractivity (Wildman–Crippen MR) is 61.4 cm³/mol. The van der Waals surface area contributed by atoms with Crippen molar-refractivity contribution >= 4 is 10.9 Å². The average molecular weight is 204 g/mol. The van der Waals surface area contributed by atoms with E-state index in [1.807, 2.05) is 17.7 Å². The molecule has 1 aromatic heterocycles. The van der Waals surface area contributed by atoms with Gasteiger partial charge in [-0.25, -0.2) is 0 Å². The predicted octanol–water partition coefficient (Wildman–Crippen LogP) is 0.762. The van der Waals surface area contributed by atoms with Gasteiger partial charge in [-0.05, 0) is 24.6 Å². The Hall–Kier alpha value is -1.39. The maximum absolute atomic E-state index is 5.61. The molecule has 0 spiro atoms. The van der Waals surface area contributed by atoms with E-state index in [0.29, 0.717) is 13.1 Å². The number of aryl methyl sites for hydroxylation is 1. The fourth-order valence-electron chi connectivity index (χ4n) is 1.81. The van der Waals surface area contributed by atoms with Crippen molar-refractivity contribution in [3.8, 4) is 0 Å². The van der Waals surface area contributed by atoms with Gasteiger partial charge in [-0.3, -0.25) is 4.68 Å². The molecule has 0 aliphatic carbocycles. The lowest BCUT2D eigenvalue weighted by Gasteiger charge is -2.01. The summed E-state index contributed by atoms with van der Waals surface area (Å²) < 4.78 is 1.95. The van der Waals surface area contributed by atoms with Crippen molar-refractivity contribution in [1.29, 1.82) is 0 Å². The first kappa shape index (κ1) is 10.1. The van der Waals surface area contributed by atoms with Crippen LogP contribution in [-0.2, 0) is 13.1 Å². The number of rotatable bonds is 3. The van der Waals surface area contributed by atoms with Gasteiger partial charge in [0.1, 0.15) is 0 Å². The van der Waals surface area contributed by atoms with Crippen molar-refractivity contribution < 1.29 is 0 Å². The van der Waals surface area contributed by atoms with Crippen LogP contribution in [0.1, 0.15) is 11.3 Å². The molecule has 80 valence electrons. The van der Waals surface area contributed by atoms with Crippen LogP contribution in [-0.4, -0.2) is 16.3 Å². The van der Waals surface area contributed by atoms with Gasteiger partial charge >= 0.3 is 0 Å². The third-order valence-electron chi connectivity index (χ3n) is 2.58. The molecule has 4 N–H and O–H groups in total. The molecule has 0 atom stereocenters. The maximum atomic E-state index is 5.61. The topological polar surface area (TPSA) is 69.9 Å². The summed E-state index contributed by atoms with van der Waals surface area (Å²) in [5.74, 6) is 0. The molecule has 0 radical (unpaired) electrons. The fourth-order valence-corrected chi connectivity index (χ4v) is 1.81. The molecule has 2 aromatic rings. The van der Waals surface area contributed by atoms with Crippen LogP contribution in [0.15, 0.2) is 18.2 Å². The molecule has 1 aromatic carbocycles. The van der Waals surface area contributed by atoms with Gasteiger partial charge in [-0.15, -0.1) is 0 Å². The van der Waals surface area contributed by atoms with Gasteiger partial charge in [0.25, 0.3) is 0 Å². The molecule has 0 bridgehead atoms. The summed E-state index contributed by atoms with van der Waals surface area (Å²) in [7, 11) is 0. The number of benzene rings is 1. The Kier molecular flexibility index (Phi) is 2.70. The highest BCUT2D eigenvalue weighted by molar-refractivity contribution is 5.82. The summed E-state index contributed by atoms with van der Waals surface area (Å²) >= 11 is 0. The Labute approximate surface area is 88.9 Å². The molecule has 4 nitrogen and oxygen atoms in total. The molecule has 0 amide bonds. The van der Waals surface area contributed by atoms with E-state index in [2.05, 4.69) is 17.2 Å². The van der Waals surface area contributed by atoms with Crippen LogP contribution in [0.4, 0.5) is 0 Å². The summed E-state index contributed by atoms with van der Waals surface area (Å²) in [6.45, 7) is 3.94. The molecule has 0 unspecified atom stereocenters. The largest absolute Gasteiger partial charge is 0.329 e. The summed E-state index contributed by atoms with van der Waals surface area (Å²) in [5, 5.41) is 5.62. The minimum absolute atomic E-state index is 0.567. The normalized spacial score (nSPS) is 11.1. The third kappa shape index (κ3) is 1.73. The zero-order valence-electron chi connectivity index (χ0n) is 8.90. The Balaban J connectivity index is 2.59. The quantitative estimate of drug-likeness (QED) is 0.775. The van der Waals surface area contributed by atoms with Crippen LogP contribution in [0.3, 0.4) is 0 Å². The van der Waals surface area contributed by atoms with E-state index in [9.17, 15) is 0 Å². The second-order valence-corrected chi connectivity index (χ2v) is 3.65. The second kappa shape index (κ2) is 4.00. The van der Waals surface area contributed by atoms with Gasteiger partial charge in [0.05, 0.1) is 17.8 Å². The van der Waals surface area contributed by atoms with E-state index in [1.165, 1.54) is 5.39 Å². The van der Waals surface area contributed by atoms with Crippen molar-refractivity contribution in [2.75, 3.05) is 6.54 Å². The van der Waals surface area contributed by atoms with Crippen LogP contribution in [0.2, 0.25) is 0 Å². The number of nitrogens with two attached hydrogens (primary N) is 2. The highest BCUT2D eigenvalue weighted by Crippen LogP contribution is 2.19. The van der Waals surface area contributed by atoms with Gasteiger partial charge in [0.2, 0.25) is 0 Å². The lowest BCUT2D eigenvalue weighted by Crippen LogP contribution is -2.10. The zero-order chi connectivity index (χ0) is 10.8. The third-order valence-corrected chi connectivity index (χ3v) is 2.58. The van der Waals surface area contributed by atoms with E-state index in [0.717, 1.165) is 23.3 Å². The zero-order valence-corrected chi connectivity index (χ0v) is 8.90. The van der Waals surface area contributed by atoms with Crippen molar-refractivity contribution in [3.63, 3.8) is 0 Å². The molecule has 2 rings (SSSR count). The van der Waals surface area contributed by atoms with E-state index in [4.69, 9.17) is 11.5 Å². The second-order valence-electron chi connectivity index (χ2n) is 3.65. The Bertz CT molecular complexity index is 473. The number of nitrogens with zero attached hydrogens (tertiary/aromatic N) is 2. The highest BCUT2D eigenvalue weighted by Gasteiger charge is 2.06. The Morgan fingerprint density at radius 2 is 2.13 bits per heavy atom. The first-order valence-corrected chi connectivity index (χ1v) is 5.12. The highest BCUT2D eigenvalue weighted by atomic mass is 15.3. The van der Waals surface area contributed by atoms with Crippen molar-refractivity contribution in [1.82, 2.24) is 9.78 Å². The van der Waals surface area contributed by atoms with Gasteiger partial charge in [0, 0.05) is 18.5 Å². The minimum Gasteiger partial charge on any atom is -0.329 e. The molecule has 0 fully saturated rings. The van der Waals surface area contributed by atoms with Gasteiger partial charge in [-0.2, -0.15) is 5.10 Å². The van der Waals surface area contributed by atoms with Crippen molar-refractivity contribution in [3.05, 3.63) is 29.5 Å². The number of hydrogen-bond acceptors (Lipinski definition) is 3. The molecule has 0 saturated carbocycles. The van der Waals surface area contributed by atoms with E-state index < -0.39 is 0 Å². The molecule has 0 aliphatic heterocycles. The summed E-state index contributed by atoms with van der Waals surface area (Å²) in [6, 6.07) is 6.20. The van der Waals surface area contributed by atoms with Gasteiger partial charge < -0.3 is 11.5 Å². The average Bonchev–Trinajstić information content (AvgIpc) is 2.56. The smallest absolute Gasteiger partial charge is 0.0686 e. The molecule has 0 saturated heterocycles. The first-order valence-electron chi connectivity index (χ1n) is 5.12. The minimum atomic E-state index is 0.567. The number of hydrogen-bond donors (Lipinski definition) is 2. The number of fused-ring (bicyclic) bond motifs is 1. The van der Waals surface area contributed by atoms with Crippen LogP contribution in [0.25, 0.3) is 10.9 Å². The van der Waals surface area contributed by atoms with Gasteiger partial charge in [-0.1, -0.05) is 6.07 Å². The standard InChI is InChI=1S/C11H16N4/c1-8-10-6-9(7-13)2-3-11(10)15(14-8)5-4-12/h2-3,6H,4-5,7,12-13H2,1H3.